The maximum atomic E-state index is 13.5. The SMILES string of the molecule is Fc1ccc([C@H]2c3ccccc3CCN2C2=NC[C@H](C3CNC3)O2)cc1. The molecule has 0 radical (unpaired) electrons. The minimum Gasteiger partial charge on any atom is -0.459 e. The van der Waals surface area contributed by atoms with Crippen LogP contribution in [-0.2, 0) is 11.2 Å². The van der Waals surface area contributed by atoms with Gasteiger partial charge in [-0.1, -0.05) is 36.4 Å². The fourth-order valence-corrected chi connectivity index (χ4v) is 4.13. The number of fused-ring (bicyclic) bond motifs is 1. The summed E-state index contributed by atoms with van der Waals surface area (Å²) in [5.74, 6) is 0.342. The summed E-state index contributed by atoms with van der Waals surface area (Å²) in [5.41, 5.74) is 3.67. The van der Waals surface area contributed by atoms with Crippen LogP contribution in [0.25, 0.3) is 0 Å². The van der Waals surface area contributed by atoms with Crippen LogP contribution in [0.5, 0.6) is 0 Å². The number of halogens is 1. The molecule has 4 nitrogen and oxygen atoms in total. The molecule has 2 aromatic rings. The third kappa shape index (κ3) is 2.67. The third-order valence-corrected chi connectivity index (χ3v) is 5.72. The summed E-state index contributed by atoms with van der Waals surface area (Å²) < 4.78 is 19.7. The lowest BCUT2D eigenvalue weighted by atomic mass is 9.88. The predicted molar refractivity (Wildman–Crippen MR) is 98.6 cm³/mol. The van der Waals surface area contributed by atoms with Crippen molar-refractivity contribution in [1.82, 2.24) is 10.2 Å². The number of hydrogen-bond acceptors (Lipinski definition) is 4. The molecule has 1 fully saturated rings. The first-order chi connectivity index (χ1) is 12.8. The summed E-state index contributed by atoms with van der Waals surface area (Å²) in [5, 5.41) is 3.31. The molecule has 0 saturated carbocycles. The van der Waals surface area contributed by atoms with Gasteiger partial charge in [0, 0.05) is 25.6 Å². The maximum absolute atomic E-state index is 13.5. The first kappa shape index (κ1) is 15.8. The molecular weight excluding hydrogens is 329 g/mol. The standard InChI is InChI=1S/C21H22FN3O/c22-17-7-5-15(6-8-17)20-18-4-2-1-3-14(18)9-10-25(20)21-24-13-19(26-21)16-11-23-12-16/h1-8,16,19-20,23H,9-13H2/t19-,20+/m1/s1. The van der Waals surface area contributed by atoms with Crippen LogP contribution in [-0.4, -0.2) is 43.2 Å². The largest absolute Gasteiger partial charge is 0.459 e. The van der Waals surface area contributed by atoms with E-state index in [1.807, 2.05) is 12.1 Å². The molecule has 1 saturated heterocycles. The normalized spacial score (nSPS) is 25.3. The maximum Gasteiger partial charge on any atom is 0.288 e. The van der Waals surface area contributed by atoms with Crippen LogP contribution >= 0.6 is 0 Å². The molecule has 1 N–H and O–H groups in total. The van der Waals surface area contributed by atoms with Crippen molar-refractivity contribution in [2.45, 2.75) is 18.6 Å². The lowest BCUT2D eigenvalue weighted by Gasteiger charge is -2.39. The molecule has 2 atom stereocenters. The summed E-state index contributed by atoms with van der Waals surface area (Å²) in [6, 6.07) is 16.1. The van der Waals surface area contributed by atoms with Gasteiger partial charge in [-0.3, -0.25) is 0 Å². The predicted octanol–water partition coefficient (Wildman–Crippen LogP) is 2.75. The Morgan fingerprint density at radius 1 is 1.08 bits per heavy atom. The highest BCUT2D eigenvalue weighted by Crippen LogP contribution is 2.36. The van der Waals surface area contributed by atoms with Crippen molar-refractivity contribution >= 4 is 6.02 Å². The van der Waals surface area contributed by atoms with Gasteiger partial charge in [0.25, 0.3) is 6.02 Å². The van der Waals surface area contributed by atoms with E-state index in [1.54, 1.807) is 0 Å². The van der Waals surface area contributed by atoms with Gasteiger partial charge in [-0.15, -0.1) is 0 Å². The van der Waals surface area contributed by atoms with Gasteiger partial charge < -0.3 is 15.0 Å². The summed E-state index contributed by atoms with van der Waals surface area (Å²) in [4.78, 5) is 6.98. The number of hydrogen-bond donors (Lipinski definition) is 1. The van der Waals surface area contributed by atoms with Crippen molar-refractivity contribution in [3.8, 4) is 0 Å². The lowest BCUT2D eigenvalue weighted by Crippen LogP contribution is -2.50. The van der Waals surface area contributed by atoms with E-state index in [4.69, 9.17) is 9.73 Å². The number of amidine groups is 1. The number of benzene rings is 2. The number of aliphatic imine (C=N–C) groups is 1. The van der Waals surface area contributed by atoms with Crippen LogP contribution in [0.15, 0.2) is 53.5 Å². The smallest absolute Gasteiger partial charge is 0.288 e. The van der Waals surface area contributed by atoms with E-state index in [0.717, 1.165) is 44.2 Å². The highest BCUT2D eigenvalue weighted by atomic mass is 19.1. The van der Waals surface area contributed by atoms with Crippen LogP contribution in [0.2, 0.25) is 0 Å². The molecule has 0 amide bonds. The first-order valence-electron chi connectivity index (χ1n) is 9.31. The molecule has 0 aromatic heterocycles. The number of nitrogens with zero attached hydrogens (tertiary/aromatic N) is 2. The summed E-state index contributed by atoms with van der Waals surface area (Å²) >= 11 is 0. The second-order valence-corrected chi connectivity index (χ2v) is 7.29. The molecule has 3 aliphatic heterocycles. The second kappa shape index (κ2) is 6.40. The van der Waals surface area contributed by atoms with E-state index in [2.05, 4.69) is 34.5 Å². The van der Waals surface area contributed by atoms with Gasteiger partial charge in [0.2, 0.25) is 0 Å². The summed E-state index contributed by atoms with van der Waals surface area (Å²) in [6.45, 7) is 3.61. The first-order valence-corrected chi connectivity index (χ1v) is 9.31. The molecule has 5 heteroatoms. The molecular formula is C21H22FN3O. The highest BCUT2D eigenvalue weighted by molar-refractivity contribution is 5.77. The van der Waals surface area contributed by atoms with Crippen LogP contribution in [0.3, 0.4) is 0 Å². The van der Waals surface area contributed by atoms with E-state index in [9.17, 15) is 4.39 Å². The zero-order chi connectivity index (χ0) is 17.5. The third-order valence-electron chi connectivity index (χ3n) is 5.72. The van der Waals surface area contributed by atoms with Gasteiger partial charge in [0.15, 0.2) is 0 Å². The van der Waals surface area contributed by atoms with Gasteiger partial charge in [-0.2, -0.15) is 0 Å². The Morgan fingerprint density at radius 3 is 2.65 bits per heavy atom. The molecule has 26 heavy (non-hydrogen) atoms. The van der Waals surface area contributed by atoms with E-state index in [1.165, 1.54) is 23.3 Å². The van der Waals surface area contributed by atoms with Gasteiger partial charge in [-0.05, 0) is 35.2 Å². The number of nitrogens with one attached hydrogen (secondary N) is 1. The topological polar surface area (TPSA) is 36.9 Å². The van der Waals surface area contributed by atoms with Crippen LogP contribution in [0.4, 0.5) is 4.39 Å². The highest BCUT2D eigenvalue weighted by Gasteiger charge is 2.38. The zero-order valence-electron chi connectivity index (χ0n) is 14.6. The number of rotatable bonds is 2. The minimum absolute atomic E-state index is 0.0116. The molecule has 3 heterocycles. The Kier molecular flexibility index (Phi) is 3.89. The van der Waals surface area contributed by atoms with Crippen LogP contribution < -0.4 is 5.32 Å². The van der Waals surface area contributed by atoms with Crippen molar-refractivity contribution in [3.63, 3.8) is 0 Å². The van der Waals surface area contributed by atoms with E-state index in [-0.39, 0.29) is 18.0 Å². The molecule has 5 rings (SSSR count). The lowest BCUT2D eigenvalue weighted by molar-refractivity contribution is 0.0909. The van der Waals surface area contributed by atoms with E-state index >= 15 is 0 Å². The monoisotopic (exact) mass is 351 g/mol. The second-order valence-electron chi connectivity index (χ2n) is 7.29. The molecule has 0 spiro atoms. The summed E-state index contributed by atoms with van der Waals surface area (Å²) in [6.07, 6.45) is 1.14. The molecule has 0 unspecified atom stereocenters. The van der Waals surface area contributed by atoms with E-state index < -0.39 is 0 Å². The fraction of sp³-hybridized carbons (Fsp3) is 0.381. The summed E-state index contributed by atoms with van der Waals surface area (Å²) in [7, 11) is 0. The fourth-order valence-electron chi connectivity index (χ4n) is 4.13. The molecule has 134 valence electrons. The average molecular weight is 351 g/mol. The van der Waals surface area contributed by atoms with Crippen molar-refractivity contribution in [2.75, 3.05) is 26.2 Å². The Labute approximate surface area is 152 Å². The molecule has 0 bridgehead atoms. The molecule has 2 aromatic carbocycles. The van der Waals surface area contributed by atoms with Gasteiger partial charge >= 0.3 is 0 Å². The Bertz CT molecular complexity index is 831. The van der Waals surface area contributed by atoms with Crippen molar-refractivity contribution < 1.29 is 9.13 Å². The van der Waals surface area contributed by atoms with Gasteiger partial charge in [0.05, 0.1) is 12.6 Å². The van der Waals surface area contributed by atoms with Gasteiger partial charge in [0.1, 0.15) is 11.9 Å². The van der Waals surface area contributed by atoms with Crippen molar-refractivity contribution in [2.24, 2.45) is 10.9 Å². The van der Waals surface area contributed by atoms with E-state index in [0.29, 0.717) is 5.92 Å². The van der Waals surface area contributed by atoms with Crippen LogP contribution in [0.1, 0.15) is 22.7 Å². The quantitative estimate of drug-likeness (QED) is 0.904. The minimum atomic E-state index is -0.212. The van der Waals surface area contributed by atoms with Crippen LogP contribution in [0, 0.1) is 11.7 Å². The van der Waals surface area contributed by atoms with Crippen molar-refractivity contribution in [1.29, 1.82) is 0 Å². The Morgan fingerprint density at radius 2 is 1.88 bits per heavy atom. The zero-order valence-corrected chi connectivity index (χ0v) is 14.6. The Balaban J connectivity index is 1.49. The average Bonchev–Trinajstić information content (AvgIpc) is 3.09. The van der Waals surface area contributed by atoms with Gasteiger partial charge in [-0.25, -0.2) is 9.38 Å². The molecule has 3 aliphatic rings. The number of ether oxygens (including phenoxy) is 1. The van der Waals surface area contributed by atoms with Crippen molar-refractivity contribution in [3.05, 3.63) is 71.0 Å². The molecule has 0 aliphatic carbocycles. The Hall–Kier alpha value is -2.40.